The van der Waals surface area contributed by atoms with Crippen molar-refractivity contribution >= 4 is 29.8 Å². The highest BCUT2D eigenvalue weighted by Crippen LogP contribution is 2.45. The number of amides is 2. The first-order valence-corrected chi connectivity index (χ1v) is 18.6. The maximum atomic E-state index is 14.6. The van der Waals surface area contributed by atoms with E-state index in [9.17, 15) is 14.4 Å². The van der Waals surface area contributed by atoms with Gasteiger partial charge in [-0.3, -0.25) is 0 Å². The Bertz CT molecular complexity index is 1980. The van der Waals surface area contributed by atoms with Crippen LogP contribution in [0.2, 0.25) is 5.02 Å². The molecule has 1 atom stereocenters. The minimum Gasteiger partial charge on any atom is -0.449 e. The Morgan fingerprint density at radius 1 is 0.667 bits per heavy atom. The summed E-state index contributed by atoms with van der Waals surface area (Å²) >= 11 is 6.89. The fourth-order valence-corrected chi connectivity index (χ4v) is 7.24. The number of hydrogen-bond donors (Lipinski definition) is 2. The van der Waals surface area contributed by atoms with Crippen LogP contribution in [0.5, 0.6) is 0 Å². The van der Waals surface area contributed by atoms with Crippen molar-refractivity contribution in [2.45, 2.75) is 63.2 Å². The maximum Gasteiger partial charge on any atom is 0.407 e. The van der Waals surface area contributed by atoms with Crippen LogP contribution in [0.4, 0.5) is 9.59 Å². The summed E-state index contributed by atoms with van der Waals surface area (Å²) in [6.45, 7) is 5.79. The van der Waals surface area contributed by atoms with Crippen molar-refractivity contribution in [1.29, 1.82) is 0 Å². The monoisotopic (exact) mass is 744 g/mol. The average Bonchev–Trinajstić information content (AvgIpc) is 3.49. The van der Waals surface area contributed by atoms with Gasteiger partial charge in [0.1, 0.15) is 18.2 Å². The van der Waals surface area contributed by atoms with E-state index in [1.54, 1.807) is 26.8 Å². The minimum atomic E-state index is -1.46. The first-order valence-electron chi connectivity index (χ1n) is 18.2. The fourth-order valence-electron chi connectivity index (χ4n) is 6.97. The molecule has 0 radical (unpaired) electrons. The quantitative estimate of drug-likeness (QED) is 0.0539. The molecule has 0 bridgehead atoms. The standard InChI is InChI=1S/C45H45ClN2O6/c1-44(2,3)54-42(50)47-29-17-16-28-40(48-43(51)52-30-37-35-24-12-10-22-33(35)34-23-11-13-25-36(34)37)41(49)53-45(31-18-6-4-7-19-31,32-20-8-5-9-21-32)38-26-14-15-27-39(38)46/h4-15,18-27,37,40H,16-17,28-30H2,1-3H3,(H,47,50)(H,48,51). The van der Waals surface area contributed by atoms with Gasteiger partial charge in [-0.2, -0.15) is 0 Å². The third-order valence-electron chi connectivity index (χ3n) is 9.38. The molecule has 1 aliphatic rings. The lowest BCUT2D eigenvalue weighted by atomic mass is 9.80. The van der Waals surface area contributed by atoms with E-state index in [1.807, 2.05) is 115 Å². The van der Waals surface area contributed by atoms with Gasteiger partial charge < -0.3 is 24.8 Å². The summed E-state index contributed by atoms with van der Waals surface area (Å²) in [5.74, 6) is -0.826. The van der Waals surface area contributed by atoms with E-state index in [4.69, 9.17) is 25.8 Å². The van der Waals surface area contributed by atoms with Gasteiger partial charge in [0.05, 0.1) is 0 Å². The molecule has 0 heterocycles. The van der Waals surface area contributed by atoms with Crippen LogP contribution in [-0.4, -0.2) is 43.0 Å². The van der Waals surface area contributed by atoms with E-state index in [-0.39, 0.29) is 18.9 Å². The van der Waals surface area contributed by atoms with Crippen molar-refractivity contribution in [3.8, 4) is 11.1 Å². The van der Waals surface area contributed by atoms with Crippen molar-refractivity contribution in [2.75, 3.05) is 13.2 Å². The molecule has 0 aromatic heterocycles. The van der Waals surface area contributed by atoms with Crippen LogP contribution in [-0.2, 0) is 24.6 Å². The van der Waals surface area contributed by atoms with E-state index >= 15 is 0 Å². The van der Waals surface area contributed by atoms with Gasteiger partial charge in [-0.25, -0.2) is 14.4 Å². The Balaban J connectivity index is 1.26. The number of unbranched alkanes of at least 4 members (excludes halogenated alkanes) is 1. The summed E-state index contributed by atoms with van der Waals surface area (Å²) in [5, 5.41) is 6.00. The van der Waals surface area contributed by atoms with Gasteiger partial charge in [-0.15, -0.1) is 0 Å². The zero-order valence-corrected chi connectivity index (χ0v) is 31.5. The largest absolute Gasteiger partial charge is 0.449 e. The highest BCUT2D eigenvalue weighted by atomic mass is 35.5. The summed E-state index contributed by atoms with van der Waals surface area (Å²) in [4.78, 5) is 40.5. The summed E-state index contributed by atoms with van der Waals surface area (Å²) in [6.07, 6.45) is -0.0718. The highest BCUT2D eigenvalue weighted by Gasteiger charge is 2.43. The van der Waals surface area contributed by atoms with Gasteiger partial charge >= 0.3 is 18.2 Å². The van der Waals surface area contributed by atoms with Gasteiger partial charge in [0.15, 0.2) is 5.60 Å². The lowest BCUT2D eigenvalue weighted by Gasteiger charge is -2.37. The third kappa shape index (κ3) is 8.77. The number of esters is 1. The number of nitrogens with one attached hydrogen (secondary N) is 2. The molecular formula is C45H45ClN2O6. The molecule has 9 heteroatoms. The second-order valence-corrected chi connectivity index (χ2v) is 14.7. The third-order valence-corrected chi connectivity index (χ3v) is 9.71. The van der Waals surface area contributed by atoms with Gasteiger partial charge in [-0.05, 0) is 68.4 Å². The molecule has 1 unspecified atom stereocenters. The molecule has 0 aliphatic heterocycles. The Labute approximate surface area is 321 Å². The first kappa shape index (κ1) is 38.1. The number of carbonyl (C=O) groups is 3. The number of carbonyl (C=O) groups excluding carboxylic acids is 3. The first-order chi connectivity index (χ1) is 26.1. The normalized spacial score (nSPS) is 12.9. The zero-order valence-electron chi connectivity index (χ0n) is 30.7. The molecule has 0 saturated carbocycles. The van der Waals surface area contributed by atoms with Crippen LogP contribution in [0.3, 0.4) is 0 Å². The van der Waals surface area contributed by atoms with Crippen molar-refractivity contribution in [2.24, 2.45) is 0 Å². The van der Waals surface area contributed by atoms with Gasteiger partial charge in [0, 0.05) is 34.2 Å². The molecule has 54 heavy (non-hydrogen) atoms. The van der Waals surface area contributed by atoms with E-state index in [0.717, 1.165) is 22.3 Å². The van der Waals surface area contributed by atoms with Crippen LogP contribution in [0, 0.1) is 0 Å². The van der Waals surface area contributed by atoms with Gasteiger partial charge in [0.25, 0.3) is 0 Å². The molecule has 8 nitrogen and oxygen atoms in total. The predicted molar refractivity (Wildman–Crippen MR) is 210 cm³/mol. The Hall–Kier alpha value is -5.60. The number of fused-ring (bicyclic) bond motifs is 3. The van der Waals surface area contributed by atoms with Crippen molar-refractivity contribution in [3.05, 3.63) is 166 Å². The number of rotatable bonds is 13. The lowest BCUT2D eigenvalue weighted by Crippen LogP contribution is -2.46. The number of hydrogen-bond acceptors (Lipinski definition) is 6. The van der Waals surface area contributed by atoms with Gasteiger partial charge in [0.2, 0.25) is 0 Å². The smallest absolute Gasteiger partial charge is 0.407 e. The second kappa shape index (κ2) is 17.0. The molecule has 0 fully saturated rings. The molecule has 0 spiro atoms. The minimum absolute atomic E-state index is 0.0824. The van der Waals surface area contributed by atoms with Crippen LogP contribution >= 0.6 is 11.6 Å². The van der Waals surface area contributed by atoms with E-state index in [1.165, 1.54) is 0 Å². The van der Waals surface area contributed by atoms with Crippen molar-refractivity contribution < 1.29 is 28.6 Å². The molecule has 5 aromatic rings. The Morgan fingerprint density at radius 3 is 1.78 bits per heavy atom. The Morgan fingerprint density at radius 2 is 1.20 bits per heavy atom. The Kier molecular flexibility index (Phi) is 12.0. The second-order valence-electron chi connectivity index (χ2n) is 14.3. The van der Waals surface area contributed by atoms with Crippen LogP contribution in [0.25, 0.3) is 11.1 Å². The molecule has 2 amide bonds. The number of benzene rings is 5. The fraction of sp³-hybridized carbons (Fsp3) is 0.267. The summed E-state index contributed by atoms with van der Waals surface area (Å²) < 4.78 is 17.9. The number of halogens is 1. The van der Waals surface area contributed by atoms with Crippen molar-refractivity contribution in [3.63, 3.8) is 0 Å². The SMILES string of the molecule is CC(C)(C)OC(=O)NCCCCC(NC(=O)OCC1c2ccccc2-c2ccccc21)C(=O)OC(c1ccccc1)(c1ccccc1)c1ccccc1Cl. The topological polar surface area (TPSA) is 103 Å². The van der Waals surface area contributed by atoms with E-state index in [2.05, 4.69) is 22.8 Å². The lowest BCUT2D eigenvalue weighted by molar-refractivity contribution is -0.156. The molecule has 6 rings (SSSR count). The molecule has 0 saturated heterocycles. The van der Waals surface area contributed by atoms with Crippen LogP contribution < -0.4 is 10.6 Å². The van der Waals surface area contributed by atoms with E-state index in [0.29, 0.717) is 41.1 Å². The maximum absolute atomic E-state index is 14.6. The molecule has 5 aromatic carbocycles. The van der Waals surface area contributed by atoms with Gasteiger partial charge in [-0.1, -0.05) is 139 Å². The summed E-state index contributed by atoms with van der Waals surface area (Å²) in [6, 6.07) is 41.2. The predicted octanol–water partition coefficient (Wildman–Crippen LogP) is 9.78. The van der Waals surface area contributed by atoms with Crippen LogP contribution in [0.15, 0.2) is 133 Å². The zero-order chi connectivity index (χ0) is 38.1. The molecule has 2 N–H and O–H groups in total. The molecular weight excluding hydrogens is 700 g/mol. The number of alkyl carbamates (subject to hydrolysis) is 2. The van der Waals surface area contributed by atoms with Crippen molar-refractivity contribution in [1.82, 2.24) is 10.6 Å². The summed E-state index contributed by atoms with van der Waals surface area (Å²) in [7, 11) is 0. The number of ether oxygens (including phenoxy) is 3. The molecule has 278 valence electrons. The van der Waals surface area contributed by atoms with E-state index < -0.39 is 35.4 Å². The average molecular weight is 745 g/mol. The van der Waals surface area contributed by atoms with Crippen LogP contribution in [0.1, 0.15) is 73.8 Å². The molecule has 1 aliphatic carbocycles. The summed E-state index contributed by atoms with van der Waals surface area (Å²) in [5.41, 5.74) is 4.22. The highest BCUT2D eigenvalue weighted by molar-refractivity contribution is 6.31.